The van der Waals surface area contributed by atoms with Crippen molar-refractivity contribution in [3.05, 3.63) is 0 Å². The van der Waals surface area contributed by atoms with Gasteiger partial charge in [0.15, 0.2) is 0 Å². The molecule has 0 aromatic heterocycles. The number of hydrogen-bond acceptors (Lipinski definition) is 3. The predicted molar refractivity (Wildman–Crippen MR) is 109 cm³/mol. The van der Waals surface area contributed by atoms with Crippen LogP contribution in [0, 0.1) is 11.8 Å². The van der Waals surface area contributed by atoms with E-state index in [1.165, 1.54) is 64.2 Å². The van der Waals surface area contributed by atoms with Gasteiger partial charge in [-0.15, -0.1) is 0 Å². The Morgan fingerprint density at radius 3 is 2.00 bits per heavy atom. The quantitative estimate of drug-likeness (QED) is 0.181. The lowest BCUT2D eigenvalue weighted by atomic mass is 9.89. The molecule has 0 saturated carbocycles. The van der Waals surface area contributed by atoms with Crippen molar-refractivity contribution in [3.63, 3.8) is 0 Å². The van der Waals surface area contributed by atoms with Crippen LogP contribution in [0.15, 0.2) is 0 Å². The Kier molecular flexibility index (Phi) is 15.7. The first-order valence-electron chi connectivity index (χ1n) is 9.95. The fourth-order valence-corrected chi connectivity index (χ4v) is 4.04. The average molecular weight is 381 g/mol. The van der Waals surface area contributed by atoms with E-state index in [0.29, 0.717) is 6.42 Å². The van der Waals surface area contributed by atoms with Crippen LogP contribution in [-0.2, 0) is 10.1 Å². The van der Waals surface area contributed by atoms with E-state index in [9.17, 15) is 8.42 Å². The highest BCUT2D eigenvalue weighted by Gasteiger charge is 2.09. The molecule has 24 heavy (non-hydrogen) atoms. The normalized spacial score (nSPS) is 14.7. The molecule has 0 aromatic rings. The molecule has 0 saturated heterocycles. The highest BCUT2D eigenvalue weighted by Crippen LogP contribution is 2.24. The monoisotopic (exact) mass is 380 g/mol. The maximum absolute atomic E-state index is 10.6. The van der Waals surface area contributed by atoms with Gasteiger partial charge in [-0.1, -0.05) is 84.5 Å². The molecule has 0 bridgehead atoms. The number of hydrogen-bond donors (Lipinski definition) is 2. The topological polar surface area (TPSA) is 54.4 Å². The van der Waals surface area contributed by atoms with Gasteiger partial charge in [-0.05, 0) is 30.4 Å². The Balaban J connectivity index is 3.54. The molecule has 0 radical (unpaired) electrons. The first-order chi connectivity index (χ1) is 11.4. The summed E-state index contributed by atoms with van der Waals surface area (Å²) in [5.74, 6) is 2.65. The lowest BCUT2D eigenvalue weighted by molar-refractivity contribution is 0.354. The van der Waals surface area contributed by atoms with Crippen LogP contribution in [0.2, 0.25) is 0 Å². The van der Waals surface area contributed by atoms with Crippen molar-refractivity contribution in [1.82, 2.24) is 0 Å². The summed E-state index contributed by atoms with van der Waals surface area (Å²) in [4.78, 5) is 0. The van der Waals surface area contributed by atoms with Gasteiger partial charge in [0, 0.05) is 0 Å². The van der Waals surface area contributed by atoms with Crippen LogP contribution >= 0.6 is 12.6 Å². The zero-order valence-corrected chi connectivity index (χ0v) is 17.6. The first kappa shape index (κ1) is 24.3. The lowest BCUT2D eigenvalue weighted by Crippen LogP contribution is -2.04. The van der Waals surface area contributed by atoms with Crippen LogP contribution in [0.5, 0.6) is 0 Å². The maximum Gasteiger partial charge on any atom is 0.264 e. The van der Waals surface area contributed by atoms with Gasteiger partial charge in [-0.3, -0.25) is 4.55 Å². The highest BCUT2D eigenvalue weighted by atomic mass is 32.2. The molecular formula is C19H40O3S2. The van der Waals surface area contributed by atoms with E-state index < -0.39 is 10.1 Å². The molecule has 2 unspecified atom stereocenters. The molecule has 146 valence electrons. The minimum atomic E-state index is -3.76. The Hall–Kier alpha value is 0.260. The molecule has 3 nitrogen and oxygen atoms in total. The zero-order chi connectivity index (χ0) is 18.3. The number of thiol groups is 1. The zero-order valence-electron chi connectivity index (χ0n) is 15.9. The number of unbranched alkanes of at least 4 members (excludes halogenated alkanes) is 6. The van der Waals surface area contributed by atoms with Crippen molar-refractivity contribution in [2.45, 2.75) is 97.3 Å². The van der Waals surface area contributed by atoms with Gasteiger partial charge in [0.2, 0.25) is 0 Å². The van der Waals surface area contributed by atoms with E-state index >= 15 is 0 Å². The first-order valence-corrected chi connectivity index (χ1v) is 12.2. The maximum atomic E-state index is 10.6. The molecule has 0 spiro atoms. The van der Waals surface area contributed by atoms with E-state index in [4.69, 9.17) is 4.55 Å². The Bertz CT molecular complexity index is 369. The Morgan fingerprint density at radius 2 is 1.42 bits per heavy atom. The summed E-state index contributed by atoms with van der Waals surface area (Å²) in [7, 11) is -3.76. The van der Waals surface area contributed by atoms with Gasteiger partial charge in [0.05, 0.1) is 5.75 Å². The van der Waals surface area contributed by atoms with Gasteiger partial charge in [0.25, 0.3) is 10.1 Å². The molecule has 0 aliphatic rings. The third-order valence-corrected chi connectivity index (χ3v) is 6.14. The van der Waals surface area contributed by atoms with Gasteiger partial charge in [-0.25, -0.2) is 0 Å². The van der Waals surface area contributed by atoms with Gasteiger partial charge in [-0.2, -0.15) is 21.0 Å². The van der Waals surface area contributed by atoms with E-state index in [1.54, 1.807) is 0 Å². The molecule has 1 N–H and O–H groups in total. The molecule has 0 aromatic carbocycles. The van der Waals surface area contributed by atoms with E-state index in [2.05, 4.69) is 26.5 Å². The van der Waals surface area contributed by atoms with E-state index in [-0.39, 0.29) is 5.75 Å². The van der Waals surface area contributed by atoms with Crippen LogP contribution in [0.25, 0.3) is 0 Å². The molecule has 2 atom stereocenters. The summed E-state index contributed by atoms with van der Waals surface area (Å²) in [5, 5.41) is 0. The molecule has 0 rings (SSSR count). The molecule has 0 aliphatic heterocycles. The van der Waals surface area contributed by atoms with Gasteiger partial charge >= 0.3 is 0 Å². The van der Waals surface area contributed by atoms with Crippen LogP contribution in [-0.4, -0.2) is 24.5 Å². The number of rotatable bonds is 17. The second-order valence-electron chi connectivity index (χ2n) is 7.37. The van der Waals surface area contributed by atoms with Crippen LogP contribution < -0.4 is 0 Å². The molecule has 0 heterocycles. The lowest BCUT2D eigenvalue weighted by Gasteiger charge is -2.18. The average Bonchev–Trinajstić information content (AvgIpc) is 2.52. The smallest absolute Gasteiger partial charge is 0.264 e. The summed E-state index contributed by atoms with van der Waals surface area (Å²) in [6.07, 6.45) is 15.6. The predicted octanol–water partition coefficient (Wildman–Crippen LogP) is 6.15. The van der Waals surface area contributed by atoms with E-state index in [0.717, 1.165) is 30.4 Å². The minimum Gasteiger partial charge on any atom is -0.286 e. The van der Waals surface area contributed by atoms with Crippen molar-refractivity contribution < 1.29 is 13.0 Å². The second kappa shape index (κ2) is 15.5. The van der Waals surface area contributed by atoms with E-state index in [1.807, 2.05) is 0 Å². The molecule has 0 aliphatic carbocycles. The molecule has 5 heteroatoms. The van der Waals surface area contributed by atoms with Crippen molar-refractivity contribution in [1.29, 1.82) is 0 Å². The summed E-state index contributed by atoms with van der Waals surface area (Å²) >= 11 is 4.27. The SMILES string of the molecule is CCC(CCCCCCCCS(=O)(=O)O)CCC(C)CCCCS. The summed E-state index contributed by atoms with van der Waals surface area (Å²) < 4.78 is 29.9. The van der Waals surface area contributed by atoms with Crippen molar-refractivity contribution >= 4 is 22.7 Å². The third-order valence-electron chi connectivity index (χ3n) is 5.01. The summed E-state index contributed by atoms with van der Waals surface area (Å²) in [6.45, 7) is 4.70. The van der Waals surface area contributed by atoms with Gasteiger partial charge in [0.1, 0.15) is 0 Å². The fourth-order valence-electron chi connectivity index (χ4n) is 3.25. The summed E-state index contributed by atoms with van der Waals surface area (Å²) in [6, 6.07) is 0. The van der Waals surface area contributed by atoms with Crippen LogP contribution in [0.3, 0.4) is 0 Å². The largest absolute Gasteiger partial charge is 0.286 e. The van der Waals surface area contributed by atoms with Crippen molar-refractivity contribution in [2.24, 2.45) is 11.8 Å². The Labute approximate surface area is 156 Å². The Morgan fingerprint density at radius 1 is 0.833 bits per heavy atom. The molecule has 0 fully saturated rings. The van der Waals surface area contributed by atoms with Crippen molar-refractivity contribution in [3.8, 4) is 0 Å². The van der Waals surface area contributed by atoms with Crippen LogP contribution in [0.4, 0.5) is 0 Å². The fraction of sp³-hybridized carbons (Fsp3) is 1.00. The minimum absolute atomic E-state index is 0.0862. The second-order valence-corrected chi connectivity index (χ2v) is 9.39. The van der Waals surface area contributed by atoms with Crippen molar-refractivity contribution in [2.75, 3.05) is 11.5 Å². The molecular weight excluding hydrogens is 340 g/mol. The standard InChI is InChI=1S/C19H40O3S2/c1-3-19(15-14-18(2)12-9-10-16-23)13-8-6-4-5-7-11-17-24(20,21)22/h18-19,23H,3-17H2,1-2H3,(H,20,21,22). The van der Waals surface area contributed by atoms with Gasteiger partial charge < -0.3 is 0 Å². The third kappa shape index (κ3) is 17.1. The summed E-state index contributed by atoms with van der Waals surface area (Å²) in [5.41, 5.74) is 0. The highest BCUT2D eigenvalue weighted by molar-refractivity contribution is 7.85. The van der Waals surface area contributed by atoms with Crippen LogP contribution in [0.1, 0.15) is 97.3 Å². The molecule has 0 amide bonds.